The van der Waals surface area contributed by atoms with Crippen molar-refractivity contribution >= 4 is 0 Å². The molecule has 0 aromatic carbocycles. The summed E-state index contributed by atoms with van der Waals surface area (Å²) in [5.74, 6) is 0.519. The van der Waals surface area contributed by atoms with Gasteiger partial charge in [-0.1, -0.05) is 6.92 Å². The predicted molar refractivity (Wildman–Crippen MR) is 53.1 cm³/mol. The molecule has 0 N–H and O–H groups in total. The second kappa shape index (κ2) is 3.76. The lowest BCUT2D eigenvalue weighted by molar-refractivity contribution is -0.141. The molecule has 6 heteroatoms. The van der Waals surface area contributed by atoms with Gasteiger partial charge in [0.2, 0.25) is 0 Å². The van der Waals surface area contributed by atoms with Crippen LogP contribution in [0.4, 0.5) is 13.2 Å². The fourth-order valence-corrected chi connectivity index (χ4v) is 1.99. The van der Waals surface area contributed by atoms with E-state index in [1.807, 2.05) is 14.0 Å². The maximum atomic E-state index is 12.5. The van der Waals surface area contributed by atoms with E-state index in [9.17, 15) is 13.2 Å². The molecule has 0 saturated carbocycles. The smallest absolute Gasteiger partial charge is 0.329 e. The van der Waals surface area contributed by atoms with Gasteiger partial charge in [-0.3, -0.25) is 0 Å². The van der Waals surface area contributed by atoms with E-state index < -0.39 is 11.9 Å². The third-order valence-corrected chi connectivity index (χ3v) is 2.85. The van der Waals surface area contributed by atoms with Crippen LogP contribution in [-0.2, 0) is 12.6 Å². The molecule has 1 aliphatic rings. The van der Waals surface area contributed by atoms with E-state index in [1.165, 1.54) is 0 Å². The first kappa shape index (κ1) is 11.4. The van der Waals surface area contributed by atoms with Gasteiger partial charge in [0.1, 0.15) is 5.82 Å². The number of imidazole rings is 1. The fraction of sp³-hybridized carbons (Fsp3) is 0.700. The highest BCUT2D eigenvalue weighted by Gasteiger charge is 2.36. The van der Waals surface area contributed by atoms with E-state index >= 15 is 0 Å². The Bertz CT molecular complexity index is 377. The zero-order valence-electron chi connectivity index (χ0n) is 9.25. The van der Waals surface area contributed by atoms with Crippen LogP contribution in [0.5, 0.6) is 0 Å². The van der Waals surface area contributed by atoms with Crippen LogP contribution in [0.25, 0.3) is 0 Å². The van der Waals surface area contributed by atoms with Crippen molar-refractivity contribution in [1.82, 2.24) is 14.5 Å². The van der Waals surface area contributed by atoms with E-state index in [4.69, 9.17) is 0 Å². The normalized spacial score (nSPS) is 18.8. The number of likely N-dealkylation sites (tertiary alicyclic amines) is 1. The molecule has 1 aromatic heterocycles. The Hall–Kier alpha value is -1.04. The zero-order valence-corrected chi connectivity index (χ0v) is 9.25. The number of rotatable bonds is 2. The summed E-state index contributed by atoms with van der Waals surface area (Å²) in [5.41, 5.74) is -0.779. The summed E-state index contributed by atoms with van der Waals surface area (Å²) in [4.78, 5) is 5.71. The summed E-state index contributed by atoms with van der Waals surface area (Å²) in [6.45, 7) is 3.41. The first-order valence-electron chi connectivity index (χ1n) is 5.25. The number of alkyl halides is 3. The van der Waals surface area contributed by atoms with Gasteiger partial charge in [-0.05, 0) is 7.05 Å². The Kier molecular flexibility index (Phi) is 2.69. The maximum Gasteiger partial charge on any atom is 0.434 e. The summed E-state index contributed by atoms with van der Waals surface area (Å²) in [5, 5.41) is 0. The number of halogens is 3. The van der Waals surface area contributed by atoms with Gasteiger partial charge in [0.15, 0.2) is 5.69 Å². The molecular weight excluding hydrogens is 219 g/mol. The lowest BCUT2D eigenvalue weighted by Crippen LogP contribution is -2.45. The van der Waals surface area contributed by atoms with Gasteiger partial charge in [0.05, 0.1) is 6.04 Å². The van der Waals surface area contributed by atoms with E-state index in [0.717, 1.165) is 19.3 Å². The van der Waals surface area contributed by atoms with Gasteiger partial charge in [-0.15, -0.1) is 0 Å². The molecule has 0 spiro atoms. The van der Waals surface area contributed by atoms with Crippen LogP contribution >= 0.6 is 0 Å². The molecule has 16 heavy (non-hydrogen) atoms. The minimum Gasteiger partial charge on any atom is -0.329 e. The molecule has 0 amide bonds. The molecule has 2 rings (SSSR count). The monoisotopic (exact) mass is 233 g/mol. The molecular formula is C10H14F3N3. The molecule has 2 heterocycles. The van der Waals surface area contributed by atoms with Gasteiger partial charge in [-0.2, -0.15) is 13.2 Å². The Morgan fingerprint density at radius 1 is 1.44 bits per heavy atom. The van der Waals surface area contributed by atoms with Crippen molar-refractivity contribution in [2.45, 2.75) is 25.6 Å². The molecule has 0 atom stereocenters. The molecule has 1 aromatic rings. The van der Waals surface area contributed by atoms with Crippen LogP contribution in [-0.4, -0.2) is 34.6 Å². The molecule has 90 valence electrons. The summed E-state index contributed by atoms with van der Waals surface area (Å²) in [7, 11) is 1.95. The Morgan fingerprint density at radius 3 is 2.50 bits per heavy atom. The Balaban J connectivity index is 2.27. The molecule has 0 aliphatic carbocycles. The lowest BCUT2D eigenvalue weighted by Gasteiger charge is -2.37. The number of likely N-dealkylation sites (N-methyl/N-ethyl adjacent to an activating group) is 1. The maximum absolute atomic E-state index is 12.5. The van der Waals surface area contributed by atoms with Crippen LogP contribution < -0.4 is 0 Å². The quantitative estimate of drug-likeness (QED) is 0.778. The lowest BCUT2D eigenvalue weighted by atomic mass is 10.1. The van der Waals surface area contributed by atoms with Gasteiger partial charge >= 0.3 is 6.18 Å². The van der Waals surface area contributed by atoms with Crippen molar-refractivity contribution in [3.8, 4) is 0 Å². The number of nitrogens with zero attached hydrogens (tertiary/aromatic N) is 3. The van der Waals surface area contributed by atoms with Crippen molar-refractivity contribution in [1.29, 1.82) is 0 Å². The number of aryl methyl sites for hydroxylation is 1. The summed E-state index contributed by atoms with van der Waals surface area (Å²) >= 11 is 0. The van der Waals surface area contributed by atoms with Gasteiger partial charge in [-0.25, -0.2) is 4.98 Å². The molecule has 0 radical (unpaired) electrons. The highest BCUT2D eigenvalue weighted by atomic mass is 19.4. The SMILES string of the molecule is CCc1nc(C(F)(F)F)cn1C1CN(C)C1. The second-order valence-electron chi connectivity index (χ2n) is 4.18. The molecule has 1 aliphatic heterocycles. The van der Waals surface area contributed by atoms with Crippen LogP contribution in [0.2, 0.25) is 0 Å². The molecule has 1 fully saturated rings. The third kappa shape index (κ3) is 1.93. The van der Waals surface area contributed by atoms with Gasteiger partial charge in [0, 0.05) is 25.7 Å². The fourth-order valence-electron chi connectivity index (χ4n) is 1.99. The summed E-state index contributed by atoms with van der Waals surface area (Å²) in [6, 6.07) is 0.142. The molecule has 1 saturated heterocycles. The highest BCUT2D eigenvalue weighted by molar-refractivity contribution is 5.10. The number of hydrogen-bond acceptors (Lipinski definition) is 2. The van der Waals surface area contributed by atoms with Crippen LogP contribution in [0, 0.1) is 0 Å². The topological polar surface area (TPSA) is 21.1 Å². The molecule has 0 bridgehead atoms. The first-order chi connectivity index (χ1) is 7.41. The van der Waals surface area contributed by atoms with E-state index in [-0.39, 0.29) is 6.04 Å². The first-order valence-corrected chi connectivity index (χ1v) is 5.25. The van der Waals surface area contributed by atoms with Crippen molar-refractivity contribution in [2.24, 2.45) is 0 Å². The average Bonchev–Trinajstić information content (AvgIpc) is 2.55. The average molecular weight is 233 g/mol. The van der Waals surface area contributed by atoms with Crippen LogP contribution in [0.1, 0.15) is 24.5 Å². The van der Waals surface area contributed by atoms with Crippen molar-refractivity contribution < 1.29 is 13.2 Å². The van der Waals surface area contributed by atoms with Gasteiger partial charge in [0.25, 0.3) is 0 Å². The predicted octanol–water partition coefficient (Wildman–Crippen LogP) is 1.95. The minimum absolute atomic E-state index is 0.142. The third-order valence-electron chi connectivity index (χ3n) is 2.85. The molecule has 3 nitrogen and oxygen atoms in total. The van der Waals surface area contributed by atoms with E-state index in [2.05, 4.69) is 9.88 Å². The van der Waals surface area contributed by atoms with Crippen molar-refractivity contribution in [3.63, 3.8) is 0 Å². The van der Waals surface area contributed by atoms with Gasteiger partial charge < -0.3 is 9.47 Å². The van der Waals surface area contributed by atoms with Crippen LogP contribution in [0.3, 0.4) is 0 Å². The van der Waals surface area contributed by atoms with E-state index in [0.29, 0.717) is 12.2 Å². The number of hydrogen-bond donors (Lipinski definition) is 0. The van der Waals surface area contributed by atoms with Crippen LogP contribution in [0.15, 0.2) is 6.20 Å². The summed E-state index contributed by atoms with van der Waals surface area (Å²) in [6.07, 6.45) is -2.68. The van der Waals surface area contributed by atoms with Crippen molar-refractivity contribution in [2.75, 3.05) is 20.1 Å². The Labute approximate surface area is 91.9 Å². The minimum atomic E-state index is -4.34. The highest BCUT2D eigenvalue weighted by Crippen LogP contribution is 2.31. The van der Waals surface area contributed by atoms with E-state index in [1.54, 1.807) is 4.57 Å². The number of aromatic nitrogens is 2. The summed E-state index contributed by atoms with van der Waals surface area (Å²) < 4.78 is 39.1. The Morgan fingerprint density at radius 2 is 2.06 bits per heavy atom. The standard InChI is InChI=1S/C10H14F3N3/c1-3-9-14-8(10(11,12)13)6-16(9)7-4-15(2)5-7/h6-7H,3-5H2,1-2H3. The largest absolute Gasteiger partial charge is 0.434 e. The second-order valence-corrected chi connectivity index (χ2v) is 4.18. The van der Waals surface area contributed by atoms with Crippen molar-refractivity contribution in [3.05, 3.63) is 17.7 Å². The zero-order chi connectivity index (χ0) is 11.9. The molecule has 0 unspecified atom stereocenters.